The van der Waals surface area contributed by atoms with Crippen molar-refractivity contribution in [1.82, 2.24) is 20.5 Å². The number of fused-ring (bicyclic) bond motifs is 1. The van der Waals surface area contributed by atoms with E-state index >= 15 is 0 Å². The van der Waals surface area contributed by atoms with Crippen LogP contribution in [0.3, 0.4) is 0 Å². The number of urea groups is 1. The van der Waals surface area contributed by atoms with Crippen molar-refractivity contribution in [1.29, 1.82) is 0 Å². The fraction of sp³-hybridized carbons (Fsp3) is 0.571. The first kappa shape index (κ1) is 18.8. The Labute approximate surface area is 156 Å². The fourth-order valence-electron chi connectivity index (χ4n) is 3.72. The Balaban J connectivity index is 1.38. The predicted octanol–water partition coefficient (Wildman–Crippen LogP) is 3.44. The van der Waals surface area contributed by atoms with Crippen LogP contribution in [0.1, 0.15) is 37.8 Å². The number of aromatic nitrogens is 1. The number of carbonyl (C=O) groups is 1. The monoisotopic (exact) mass is 356 g/mol. The molecule has 1 aliphatic rings. The molecule has 1 atom stereocenters. The maximum atomic E-state index is 12.1. The minimum atomic E-state index is -0.0714. The number of nitrogens with zero attached hydrogens (tertiary/aromatic N) is 1. The van der Waals surface area contributed by atoms with Crippen molar-refractivity contribution in [2.45, 2.75) is 46.1 Å². The molecule has 5 heteroatoms. The Morgan fingerprint density at radius 1 is 1.31 bits per heavy atom. The Morgan fingerprint density at radius 3 is 2.85 bits per heavy atom. The van der Waals surface area contributed by atoms with Crippen molar-refractivity contribution in [3.63, 3.8) is 0 Å². The maximum Gasteiger partial charge on any atom is 0.314 e. The lowest BCUT2D eigenvalue weighted by Gasteiger charge is -2.34. The molecular weight excluding hydrogens is 324 g/mol. The number of aryl methyl sites for hydroxylation is 1. The Morgan fingerprint density at radius 2 is 2.08 bits per heavy atom. The highest BCUT2D eigenvalue weighted by Crippen LogP contribution is 2.20. The molecule has 1 aromatic carbocycles. The van der Waals surface area contributed by atoms with E-state index in [4.69, 9.17) is 0 Å². The molecule has 26 heavy (non-hydrogen) atoms. The molecular formula is C21H32N4O. The van der Waals surface area contributed by atoms with E-state index in [-0.39, 0.29) is 6.03 Å². The summed E-state index contributed by atoms with van der Waals surface area (Å²) < 4.78 is 0. The van der Waals surface area contributed by atoms with Crippen molar-refractivity contribution in [2.75, 3.05) is 26.2 Å². The number of hydrogen-bond donors (Lipinski definition) is 3. The largest absolute Gasteiger partial charge is 0.361 e. The topological polar surface area (TPSA) is 60.2 Å². The van der Waals surface area contributed by atoms with Crippen LogP contribution in [0, 0.1) is 12.8 Å². The molecule has 1 saturated heterocycles. The van der Waals surface area contributed by atoms with Crippen LogP contribution >= 0.6 is 0 Å². The van der Waals surface area contributed by atoms with Gasteiger partial charge in [0.2, 0.25) is 0 Å². The average Bonchev–Trinajstić information content (AvgIpc) is 3.02. The van der Waals surface area contributed by atoms with E-state index in [1.54, 1.807) is 0 Å². The lowest BCUT2D eigenvalue weighted by molar-refractivity contribution is 0.145. The van der Waals surface area contributed by atoms with Gasteiger partial charge < -0.3 is 15.6 Å². The van der Waals surface area contributed by atoms with E-state index in [9.17, 15) is 4.79 Å². The van der Waals surface area contributed by atoms with Crippen LogP contribution in [0.15, 0.2) is 24.4 Å². The van der Waals surface area contributed by atoms with Crippen molar-refractivity contribution in [2.24, 2.45) is 5.92 Å². The summed E-state index contributed by atoms with van der Waals surface area (Å²) in [5, 5.41) is 7.24. The number of rotatable bonds is 6. The first-order chi connectivity index (χ1) is 12.5. The highest BCUT2D eigenvalue weighted by Gasteiger charge is 2.20. The highest BCUT2D eigenvalue weighted by molar-refractivity contribution is 5.83. The summed E-state index contributed by atoms with van der Waals surface area (Å²) in [7, 11) is 0. The van der Waals surface area contributed by atoms with Crippen molar-refractivity contribution in [3.8, 4) is 0 Å². The number of H-pyrrole nitrogens is 1. The average molecular weight is 357 g/mol. The number of likely N-dealkylation sites (tertiary alicyclic amines) is 1. The number of amides is 2. The molecule has 1 unspecified atom stereocenters. The molecule has 0 bridgehead atoms. The summed E-state index contributed by atoms with van der Waals surface area (Å²) in [6.07, 6.45) is 5.40. The van der Waals surface area contributed by atoms with Gasteiger partial charge in [-0.3, -0.25) is 4.90 Å². The molecule has 0 aliphatic carbocycles. The van der Waals surface area contributed by atoms with E-state index in [0.717, 1.165) is 30.9 Å². The Hall–Kier alpha value is -2.01. The third kappa shape index (κ3) is 4.79. The molecule has 0 radical (unpaired) electrons. The molecule has 2 aromatic rings. The summed E-state index contributed by atoms with van der Waals surface area (Å²) in [4.78, 5) is 17.9. The minimum absolute atomic E-state index is 0.0714. The number of benzene rings is 1. The molecule has 2 amide bonds. The van der Waals surface area contributed by atoms with Crippen LogP contribution in [0.5, 0.6) is 0 Å². The van der Waals surface area contributed by atoms with Gasteiger partial charge in [-0.25, -0.2) is 4.79 Å². The highest BCUT2D eigenvalue weighted by atomic mass is 16.2. The lowest BCUT2D eigenvalue weighted by atomic mass is 9.98. The summed E-state index contributed by atoms with van der Waals surface area (Å²) in [6.45, 7) is 10.2. The number of carbonyl (C=O) groups excluding carboxylic acids is 1. The standard InChI is InChI=1S/C21H32N4O/c1-15-7-10-25(11-8-15)17(3)13-24-21(26)22-9-6-18-14-23-20-12-16(2)4-5-19(18)20/h4-5,12,14-15,17,23H,6-11,13H2,1-3H3,(H2,22,24,26). The van der Waals surface area contributed by atoms with Gasteiger partial charge in [0.05, 0.1) is 0 Å². The van der Waals surface area contributed by atoms with Crippen molar-refractivity contribution >= 4 is 16.9 Å². The van der Waals surface area contributed by atoms with Gasteiger partial charge in [0, 0.05) is 36.2 Å². The molecule has 3 N–H and O–H groups in total. The zero-order chi connectivity index (χ0) is 18.5. The summed E-state index contributed by atoms with van der Waals surface area (Å²) >= 11 is 0. The zero-order valence-corrected chi connectivity index (χ0v) is 16.3. The molecule has 5 nitrogen and oxygen atoms in total. The number of hydrogen-bond acceptors (Lipinski definition) is 2. The van der Waals surface area contributed by atoms with Crippen LogP contribution in [0.25, 0.3) is 10.9 Å². The second-order valence-corrected chi connectivity index (χ2v) is 7.82. The van der Waals surface area contributed by atoms with Crippen LogP contribution in [0.2, 0.25) is 0 Å². The number of piperidine rings is 1. The summed E-state index contributed by atoms with van der Waals surface area (Å²) in [5.41, 5.74) is 3.66. The van der Waals surface area contributed by atoms with E-state index in [2.05, 4.69) is 59.5 Å². The van der Waals surface area contributed by atoms with Crippen molar-refractivity contribution in [3.05, 3.63) is 35.5 Å². The third-order valence-electron chi connectivity index (χ3n) is 5.60. The van der Waals surface area contributed by atoms with Gasteiger partial charge in [-0.2, -0.15) is 0 Å². The second kappa shape index (κ2) is 8.58. The maximum absolute atomic E-state index is 12.1. The molecule has 1 aromatic heterocycles. The number of aromatic amines is 1. The molecule has 1 fully saturated rings. The Bertz CT molecular complexity index is 731. The molecule has 0 spiro atoms. The Kier molecular flexibility index (Phi) is 6.20. The second-order valence-electron chi connectivity index (χ2n) is 7.82. The molecule has 0 saturated carbocycles. The van der Waals surface area contributed by atoms with Crippen LogP contribution in [-0.4, -0.2) is 48.1 Å². The quantitative estimate of drug-likeness (QED) is 0.742. The third-order valence-corrected chi connectivity index (χ3v) is 5.60. The van der Waals surface area contributed by atoms with Gasteiger partial charge in [0.1, 0.15) is 0 Å². The van der Waals surface area contributed by atoms with E-state index in [1.807, 2.05) is 6.20 Å². The molecule has 2 heterocycles. The van der Waals surface area contributed by atoms with E-state index in [1.165, 1.54) is 29.4 Å². The summed E-state index contributed by atoms with van der Waals surface area (Å²) in [5.74, 6) is 0.836. The van der Waals surface area contributed by atoms with Crippen LogP contribution < -0.4 is 10.6 Å². The molecule has 142 valence electrons. The zero-order valence-electron chi connectivity index (χ0n) is 16.3. The van der Waals surface area contributed by atoms with Gasteiger partial charge in [0.25, 0.3) is 0 Å². The predicted molar refractivity (Wildman–Crippen MR) is 108 cm³/mol. The number of nitrogens with one attached hydrogen (secondary N) is 3. The van der Waals surface area contributed by atoms with E-state index in [0.29, 0.717) is 19.1 Å². The van der Waals surface area contributed by atoms with Gasteiger partial charge in [-0.05, 0) is 69.3 Å². The van der Waals surface area contributed by atoms with Crippen LogP contribution in [0.4, 0.5) is 4.79 Å². The summed E-state index contributed by atoms with van der Waals surface area (Å²) in [6, 6.07) is 6.75. The van der Waals surface area contributed by atoms with Crippen molar-refractivity contribution < 1.29 is 4.79 Å². The fourth-order valence-corrected chi connectivity index (χ4v) is 3.72. The van der Waals surface area contributed by atoms with E-state index < -0.39 is 0 Å². The first-order valence-corrected chi connectivity index (χ1v) is 9.85. The van der Waals surface area contributed by atoms with Gasteiger partial charge in [-0.15, -0.1) is 0 Å². The minimum Gasteiger partial charge on any atom is -0.361 e. The molecule has 1 aliphatic heterocycles. The van der Waals surface area contributed by atoms with Crippen LogP contribution in [-0.2, 0) is 6.42 Å². The van der Waals surface area contributed by atoms with Gasteiger partial charge in [0.15, 0.2) is 0 Å². The van der Waals surface area contributed by atoms with Gasteiger partial charge in [-0.1, -0.05) is 19.1 Å². The van der Waals surface area contributed by atoms with Gasteiger partial charge >= 0.3 is 6.03 Å². The molecule has 3 rings (SSSR count). The SMILES string of the molecule is Cc1ccc2c(CCNC(=O)NCC(C)N3CCC(C)CC3)c[nH]c2c1. The smallest absolute Gasteiger partial charge is 0.314 e. The lowest BCUT2D eigenvalue weighted by Crippen LogP contribution is -2.47. The normalized spacial score (nSPS) is 17.3. The first-order valence-electron chi connectivity index (χ1n) is 9.85.